The van der Waals surface area contributed by atoms with Crippen LogP contribution in [0.3, 0.4) is 0 Å². The van der Waals surface area contributed by atoms with E-state index in [2.05, 4.69) is 25.9 Å². The predicted octanol–water partition coefficient (Wildman–Crippen LogP) is 0.734. The van der Waals surface area contributed by atoms with E-state index >= 15 is 0 Å². The van der Waals surface area contributed by atoms with E-state index in [1.165, 1.54) is 19.4 Å². The maximum atomic E-state index is 5.71. The first-order chi connectivity index (χ1) is 5.52. The molecular formula is C9H19BN2. The molecule has 12 heavy (non-hydrogen) atoms. The molecule has 0 aromatic rings. The van der Waals surface area contributed by atoms with Gasteiger partial charge in [0.1, 0.15) is 0 Å². The highest BCUT2D eigenvalue weighted by Crippen LogP contribution is 2.30. The van der Waals surface area contributed by atoms with Crippen LogP contribution in [-0.2, 0) is 0 Å². The van der Waals surface area contributed by atoms with Crippen LogP contribution in [0.15, 0.2) is 0 Å². The molecule has 0 aliphatic carbocycles. The topological polar surface area (TPSA) is 6.48 Å². The standard InChI is InChI=1S/C9H19BN2/c1-9(8-11(2)3)4-6-12(10)7-5-9/h4-8H2,1-3H3. The van der Waals surface area contributed by atoms with Gasteiger partial charge in [0.2, 0.25) is 0 Å². The average molecular weight is 166 g/mol. The van der Waals surface area contributed by atoms with Crippen LogP contribution < -0.4 is 0 Å². The van der Waals surface area contributed by atoms with Crippen molar-refractivity contribution in [1.82, 2.24) is 9.71 Å². The van der Waals surface area contributed by atoms with Crippen LogP contribution in [0.4, 0.5) is 0 Å². The lowest BCUT2D eigenvalue weighted by atomic mass is 9.79. The molecule has 0 N–H and O–H groups in total. The van der Waals surface area contributed by atoms with Crippen molar-refractivity contribution in [3.63, 3.8) is 0 Å². The van der Waals surface area contributed by atoms with E-state index < -0.39 is 0 Å². The molecule has 0 saturated carbocycles. The second kappa shape index (κ2) is 3.80. The molecule has 1 saturated heterocycles. The van der Waals surface area contributed by atoms with Gasteiger partial charge in [-0.1, -0.05) is 6.92 Å². The number of piperidine rings is 1. The molecule has 2 radical (unpaired) electrons. The van der Waals surface area contributed by atoms with Gasteiger partial charge in [-0.2, -0.15) is 0 Å². The first-order valence-corrected chi connectivity index (χ1v) is 4.66. The molecule has 0 aromatic heterocycles. The molecule has 3 heteroatoms. The van der Waals surface area contributed by atoms with Crippen LogP contribution in [0.5, 0.6) is 0 Å². The molecule has 0 amide bonds. The summed E-state index contributed by atoms with van der Waals surface area (Å²) >= 11 is 0. The summed E-state index contributed by atoms with van der Waals surface area (Å²) in [6, 6.07) is 0. The second-order valence-electron chi connectivity index (χ2n) is 4.58. The molecule has 2 nitrogen and oxygen atoms in total. The van der Waals surface area contributed by atoms with Crippen molar-refractivity contribution in [1.29, 1.82) is 0 Å². The Bertz CT molecular complexity index is 139. The molecule has 0 bridgehead atoms. The highest BCUT2D eigenvalue weighted by molar-refractivity contribution is 6.04. The zero-order valence-corrected chi connectivity index (χ0v) is 8.51. The Hall–Kier alpha value is -0.0151. The lowest BCUT2D eigenvalue weighted by Crippen LogP contribution is -2.42. The van der Waals surface area contributed by atoms with Crippen molar-refractivity contribution in [3.8, 4) is 0 Å². The Morgan fingerprint density at radius 2 is 1.83 bits per heavy atom. The van der Waals surface area contributed by atoms with Crippen LogP contribution in [0.1, 0.15) is 19.8 Å². The van der Waals surface area contributed by atoms with E-state index in [9.17, 15) is 0 Å². The molecule has 1 fully saturated rings. The molecule has 1 aliphatic rings. The van der Waals surface area contributed by atoms with Gasteiger partial charge in [-0.05, 0) is 45.4 Å². The third-order valence-electron chi connectivity index (χ3n) is 2.70. The summed E-state index contributed by atoms with van der Waals surface area (Å²) in [7, 11) is 9.98. The quantitative estimate of drug-likeness (QED) is 0.558. The minimum Gasteiger partial charge on any atom is -0.353 e. The van der Waals surface area contributed by atoms with Crippen LogP contribution >= 0.6 is 0 Å². The maximum Gasteiger partial charge on any atom is 0.182 e. The Morgan fingerprint density at radius 1 is 1.33 bits per heavy atom. The molecule has 0 spiro atoms. The highest BCUT2D eigenvalue weighted by Gasteiger charge is 2.28. The fourth-order valence-electron chi connectivity index (χ4n) is 1.99. The summed E-state index contributed by atoms with van der Waals surface area (Å²) in [4.78, 5) is 4.20. The molecule has 1 heterocycles. The van der Waals surface area contributed by atoms with Gasteiger partial charge in [0.15, 0.2) is 7.98 Å². The normalized spacial score (nSPS) is 24.7. The smallest absolute Gasteiger partial charge is 0.182 e. The summed E-state index contributed by atoms with van der Waals surface area (Å²) in [6.45, 7) is 5.63. The van der Waals surface area contributed by atoms with E-state index in [0.717, 1.165) is 13.1 Å². The van der Waals surface area contributed by atoms with Crippen molar-refractivity contribution in [2.45, 2.75) is 19.8 Å². The molecule has 68 valence electrons. The fraction of sp³-hybridized carbons (Fsp3) is 1.00. The largest absolute Gasteiger partial charge is 0.353 e. The van der Waals surface area contributed by atoms with Crippen molar-refractivity contribution in [3.05, 3.63) is 0 Å². The van der Waals surface area contributed by atoms with Gasteiger partial charge in [-0.15, -0.1) is 0 Å². The Labute approximate surface area is 77.3 Å². The lowest BCUT2D eigenvalue weighted by Gasteiger charge is -2.39. The van der Waals surface area contributed by atoms with Crippen molar-refractivity contribution in [2.75, 3.05) is 33.7 Å². The van der Waals surface area contributed by atoms with E-state index in [1.807, 2.05) is 4.81 Å². The average Bonchev–Trinajstić information content (AvgIpc) is 1.94. The van der Waals surface area contributed by atoms with Gasteiger partial charge in [0, 0.05) is 6.54 Å². The fourth-order valence-corrected chi connectivity index (χ4v) is 1.99. The first kappa shape index (κ1) is 10.1. The van der Waals surface area contributed by atoms with Crippen molar-refractivity contribution >= 4 is 7.98 Å². The molecule has 0 atom stereocenters. The Morgan fingerprint density at radius 3 is 2.25 bits per heavy atom. The number of nitrogens with zero attached hydrogens (tertiary/aromatic N) is 2. The van der Waals surface area contributed by atoms with Gasteiger partial charge in [-0.25, -0.2) is 0 Å². The molecule has 1 aliphatic heterocycles. The predicted molar refractivity (Wildman–Crippen MR) is 53.2 cm³/mol. The summed E-state index contributed by atoms with van der Waals surface area (Å²) in [5.41, 5.74) is 0.485. The third kappa shape index (κ3) is 2.79. The van der Waals surface area contributed by atoms with Crippen LogP contribution in [0, 0.1) is 5.41 Å². The second-order valence-corrected chi connectivity index (χ2v) is 4.58. The van der Waals surface area contributed by atoms with Gasteiger partial charge >= 0.3 is 0 Å². The minimum atomic E-state index is 0.485. The molecular weight excluding hydrogens is 147 g/mol. The Balaban J connectivity index is 2.39. The molecule has 0 aromatic carbocycles. The first-order valence-electron chi connectivity index (χ1n) is 4.66. The van der Waals surface area contributed by atoms with Crippen LogP contribution in [-0.4, -0.2) is 51.4 Å². The SMILES string of the molecule is [B]N1CCC(C)(CN(C)C)CC1. The number of hydrogen-bond donors (Lipinski definition) is 0. The maximum absolute atomic E-state index is 5.71. The van der Waals surface area contributed by atoms with E-state index in [-0.39, 0.29) is 0 Å². The van der Waals surface area contributed by atoms with Crippen molar-refractivity contribution in [2.24, 2.45) is 5.41 Å². The Kier molecular flexibility index (Phi) is 3.19. The van der Waals surface area contributed by atoms with E-state index in [0.29, 0.717) is 5.41 Å². The van der Waals surface area contributed by atoms with Crippen molar-refractivity contribution < 1.29 is 0 Å². The summed E-state index contributed by atoms with van der Waals surface area (Å²) in [6.07, 6.45) is 2.45. The van der Waals surface area contributed by atoms with Crippen LogP contribution in [0.2, 0.25) is 0 Å². The zero-order valence-electron chi connectivity index (χ0n) is 8.51. The highest BCUT2D eigenvalue weighted by atomic mass is 15.1. The van der Waals surface area contributed by atoms with E-state index in [1.54, 1.807) is 0 Å². The summed E-state index contributed by atoms with van der Waals surface area (Å²) in [5.74, 6) is 0. The van der Waals surface area contributed by atoms with Gasteiger partial charge in [0.05, 0.1) is 0 Å². The van der Waals surface area contributed by atoms with Gasteiger partial charge < -0.3 is 9.71 Å². The summed E-state index contributed by atoms with van der Waals surface area (Å²) in [5, 5.41) is 0. The van der Waals surface area contributed by atoms with E-state index in [4.69, 9.17) is 7.98 Å². The van der Waals surface area contributed by atoms with Gasteiger partial charge in [-0.3, -0.25) is 0 Å². The number of hydrogen-bond acceptors (Lipinski definition) is 2. The number of rotatable bonds is 2. The molecule has 1 rings (SSSR count). The third-order valence-corrected chi connectivity index (χ3v) is 2.70. The summed E-state index contributed by atoms with van der Waals surface area (Å²) < 4.78 is 0. The molecule has 0 unspecified atom stereocenters. The van der Waals surface area contributed by atoms with Crippen LogP contribution in [0.25, 0.3) is 0 Å². The lowest BCUT2D eigenvalue weighted by molar-refractivity contribution is 0.132. The monoisotopic (exact) mass is 166 g/mol. The zero-order chi connectivity index (χ0) is 9.19. The minimum absolute atomic E-state index is 0.485. The van der Waals surface area contributed by atoms with Gasteiger partial charge in [0.25, 0.3) is 0 Å².